The van der Waals surface area contributed by atoms with E-state index in [1.165, 1.54) is 12.1 Å². The standard InChI is InChI=1S/C27H31ClF6N4O2/c1-16(2)11-19-15-38(10-9-37(19)8-7-27(32,33)34)22-12-18(28)4-6-21(22)36-26(40)20-5-3-17(24(30)25(20)31)14-35-23(39)13-29/h3-6,12,16,19H,7-11,13-15H2,1-2H3,(H,35,39)(H,36,40)/t19-/m0/s1. The predicted molar refractivity (Wildman–Crippen MR) is 141 cm³/mol. The minimum atomic E-state index is -4.26. The molecule has 1 aliphatic heterocycles. The Kier molecular flexibility index (Phi) is 10.7. The van der Waals surface area contributed by atoms with Crippen molar-refractivity contribution in [1.29, 1.82) is 0 Å². The quantitative estimate of drug-likeness (QED) is 0.335. The Labute approximate surface area is 233 Å². The summed E-state index contributed by atoms with van der Waals surface area (Å²) in [6.45, 7) is 3.18. The molecule has 1 saturated heterocycles. The first kappa shape index (κ1) is 31.5. The van der Waals surface area contributed by atoms with Crippen LogP contribution in [0.1, 0.15) is 42.6 Å². The number of nitrogens with zero attached hydrogens (tertiary/aromatic N) is 2. The minimum absolute atomic E-state index is 0.119. The van der Waals surface area contributed by atoms with E-state index < -0.39 is 54.8 Å². The van der Waals surface area contributed by atoms with Gasteiger partial charge in [-0.3, -0.25) is 14.5 Å². The number of hydrogen-bond acceptors (Lipinski definition) is 4. The van der Waals surface area contributed by atoms with Crippen LogP contribution in [0.25, 0.3) is 0 Å². The maximum Gasteiger partial charge on any atom is 0.390 e. The summed E-state index contributed by atoms with van der Waals surface area (Å²) in [5, 5.41) is 5.02. The number of nitrogens with one attached hydrogen (secondary N) is 2. The van der Waals surface area contributed by atoms with E-state index in [9.17, 15) is 35.9 Å². The van der Waals surface area contributed by atoms with Gasteiger partial charge < -0.3 is 15.5 Å². The third kappa shape index (κ3) is 8.50. The first-order valence-electron chi connectivity index (χ1n) is 12.7. The summed E-state index contributed by atoms with van der Waals surface area (Å²) < 4.78 is 80.3. The Morgan fingerprint density at radius 3 is 2.48 bits per heavy atom. The normalized spacial score (nSPS) is 16.4. The van der Waals surface area contributed by atoms with Crippen molar-refractivity contribution in [2.24, 2.45) is 5.92 Å². The Balaban J connectivity index is 1.81. The zero-order valence-electron chi connectivity index (χ0n) is 22.1. The highest BCUT2D eigenvalue weighted by atomic mass is 35.5. The summed E-state index contributed by atoms with van der Waals surface area (Å²) in [5.74, 6) is -4.50. The highest BCUT2D eigenvalue weighted by Crippen LogP contribution is 2.33. The predicted octanol–water partition coefficient (Wildman–Crippen LogP) is 5.95. The van der Waals surface area contributed by atoms with Crippen LogP contribution in [0.3, 0.4) is 0 Å². The summed E-state index contributed by atoms with van der Waals surface area (Å²) in [7, 11) is 0. The number of anilines is 2. The summed E-state index contributed by atoms with van der Waals surface area (Å²) in [5.41, 5.74) is -0.0895. The maximum absolute atomic E-state index is 14.8. The van der Waals surface area contributed by atoms with E-state index in [1.807, 2.05) is 23.6 Å². The van der Waals surface area contributed by atoms with Crippen LogP contribution < -0.4 is 15.5 Å². The molecule has 1 fully saturated rings. The first-order valence-corrected chi connectivity index (χ1v) is 13.1. The van der Waals surface area contributed by atoms with E-state index in [0.29, 0.717) is 36.8 Å². The van der Waals surface area contributed by atoms with Crippen LogP contribution >= 0.6 is 11.6 Å². The number of hydrogen-bond donors (Lipinski definition) is 2. The third-order valence-corrected chi connectivity index (χ3v) is 6.82. The molecule has 40 heavy (non-hydrogen) atoms. The van der Waals surface area contributed by atoms with Gasteiger partial charge in [-0.25, -0.2) is 13.2 Å². The fourth-order valence-electron chi connectivity index (χ4n) is 4.65. The molecule has 13 heteroatoms. The number of alkyl halides is 4. The van der Waals surface area contributed by atoms with Crippen LogP contribution in [0.5, 0.6) is 0 Å². The molecular formula is C27H31ClF6N4O2. The maximum atomic E-state index is 14.8. The summed E-state index contributed by atoms with van der Waals surface area (Å²) >= 11 is 6.23. The number of amides is 2. The van der Waals surface area contributed by atoms with Crippen LogP contribution in [-0.4, -0.2) is 61.8 Å². The molecule has 2 amide bonds. The van der Waals surface area contributed by atoms with E-state index in [2.05, 4.69) is 10.6 Å². The van der Waals surface area contributed by atoms with Crippen LogP contribution in [0, 0.1) is 17.6 Å². The van der Waals surface area contributed by atoms with Gasteiger partial charge in [-0.05, 0) is 36.6 Å². The van der Waals surface area contributed by atoms with Crippen molar-refractivity contribution >= 4 is 34.8 Å². The van der Waals surface area contributed by atoms with Gasteiger partial charge in [0, 0.05) is 49.4 Å². The van der Waals surface area contributed by atoms with E-state index in [4.69, 9.17) is 11.6 Å². The van der Waals surface area contributed by atoms with Gasteiger partial charge in [0.2, 0.25) is 0 Å². The second kappa shape index (κ2) is 13.6. The van der Waals surface area contributed by atoms with E-state index in [-0.39, 0.29) is 29.8 Å². The number of benzene rings is 2. The van der Waals surface area contributed by atoms with Gasteiger partial charge in [0.1, 0.15) is 0 Å². The minimum Gasteiger partial charge on any atom is -0.367 e. The molecule has 0 unspecified atom stereocenters. The van der Waals surface area contributed by atoms with Gasteiger partial charge in [-0.2, -0.15) is 13.2 Å². The number of rotatable bonds is 10. The molecule has 0 radical (unpaired) electrons. The second-order valence-electron chi connectivity index (χ2n) is 10.1. The molecule has 2 aromatic rings. The molecule has 0 aliphatic carbocycles. The molecule has 220 valence electrons. The van der Waals surface area contributed by atoms with Gasteiger partial charge in [0.05, 0.1) is 23.4 Å². The lowest BCUT2D eigenvalue weighted by atomic mass is 9.99. The summed E-state index contributed by atoms with van der Waals surface area (Å²) in [6, 6.07) is 6.61. The molecule has 2 N–H and O–H groups in total. The monoisotopic (exact) mass is 592 g/mol. The van der Waals surface area contributed by atoms with Crippen molar-refractivity contribution in [3.8, 4) is 0 Å². The number of carbonyl (C=O) groups is 2. The van der Waals surface area contributed by atoms with Gasteiger partial charge in [-0.1, -0.05) is 31.5 Å². The number of carbonyl (C=O) groups excluding carboxylic acids is 2. The van der Waals surface area contributed by atoms with Crippen LogP contribution in [-0.2, 0) is 11.3 Å². The SMILES string of the molecule is CC(C)C[C@H]1CN(c2cc(Cl)ccc2NC(=O)c2ccc(CNC(=O)CF)c(F)c2F)CCN1CCC(F)(F)F. The third-order valence-electron chi connectivity index (χ3n) is 6.58. The first-order chi connectivity index (χ1) is 18.8. The molecule has 0 aromatic heterocycles. The molecule has 0 saturated carbocycles. The van der Waals surface area contributed by atoms with Crippen LogP contribution in [0.4, 0.5) is 37.7 Å². The molecule has 1 atom stereocenters. The van der Waals surface area contributed by atoms with Crippen LogP contribution in [0.2, 0.25) is 5.02 Å². The van der Waals surface area contributed by atoms with Crippen molar-refractivity contribution in [3.63, 3.8) is 0 Å². The summed E-state index contributed by atoms with van der Waals surface area (Å²) in [4.78, 5) is 27.8. The van der Waals surface area contributed by atoms with E-state index in [0.717, 1.165) is 12.1 Å². The molecule has 6 nitrogen and oxygen atoms in total. The molecule has 3 rings (SSSR count). The highest BCUT2D eigenvalue weighted by Gasteiger charge is 2.33. The highest BCUT2D eigenvalue weighted by molar-refractivity contribution is 6.31. The Morgan fingerprint density at radius 2 is 1.82 bits per heavy atom. The fourth-order valence-corrected chi connectivity index (χ4v) is 4.81. The van der Waals surface area contributed by atoms with Gasteiger partial charge in [0.25, 0.3) is 11.8 Å². The van der Waals surface area contributed by atoms with Crippen LogP contribution in [0.15, 0.2) is 30.3 Å². The Bertz CT molecular complexity index is 1210. The largest absolute Gasteiger partial charge is 0.390 e. The van der Waals surface area contributed by atoms with E-state index >= 15 is 0 Å². The smallest absolute Gasteiger partial charge is 0.367 e. The molecule has 1 heterocycles. The molecule has 0 spiro atoms. The fraction of sp³-hybridized carbons (Fsp3) is 0.481. The van der Waals surface area contributed by atoms with Crippen molar-refractivity contribution in [3.05, 3.63) is 58.1 Å². The van der Waals surface area contributed by atoms with E-state index in [1.54, 1.807) is 6.07 Å². The second-order valence-corrected chi connectivity index (χ2v) is 10.5. The van der Waals surface area contributed by atoms with Gasteiger partial charge in [0.15, 0.2) is 18.3 Å². The van der Waals surface area contributed by atoms with Crippen molar-refractivity contribution in [2.45, 2.75) is 45.5 Å². The summed E-state index contributed by atoms with van der Waals surface area (Å²) in [6.07, 6.45) is -4.53. The van der Waals surface area contributed by atoms with Gasteiger partial charge in [-0.15, -0.1) is 0 Å². The lowest BCUT2D eigenvalue weighted by Crippen LogP contribution is -2.54. The Hall–Kier alpha value is -2.99. The van der Waals surface area contributed by atoms with Crippen molar-refractivity contribution < 1.29 is 35.9 Å². The lowest BCUT2D eigenvalue weighted by molar-refractivity contribution is -0.139. The lowest BCUT2D eigenvalue weighted by Gasteiger charge is -2.43. The zero-order valence-corrected chi connectivity index (χ0v) is 22.8. The number of piperazine rings is 1. The van der Waals surface area contributed by atoms with Crippen molar-refractivity contribution in [1.82, 2.24) is 10.2 Å². The van der Waals surface area contributed by atoms with Gasteiger partial charge >= 0.3 is 6.18 Å². The molecule has 0 bridgehead atoms. The molecule has 1 aliphatic rings. The average molecular weight is 593 g/mol. The average Bonchev–Trinajstić information content (AvgIpc) is 2.88. The Morgan fingerprint density at radius 1 is 1.10 bits per heavy atom. The topological polar surface area (TPSA) is 64.7 Å². The molecule has 2 aromatic carbocycles. The molecular weight excluding hydrogens is 562 g/mol. The zero-order chi connectivity index (χ0) is 29.6. The number of halogens is 7. The van der Waals surface area contributed by atoms with Crippen molar-refractivity contribution in [2.75, 3.05) is 43.1 Å².